The van der Waals surface area contributed by atoms with E-state index in [0.29, 0.717) is 12.5 Å². The van der Waals surface area contributed by atoms with Crippen LogP contribution in [0.15, 0.2) is 23.2 Å². The van der Waals surface area contributed by atoms with E-state index in [-0.39, 0.29) is 24.0 Å². The fourth-order valence-electron chi connectivity index (χ4n) is 2.82. The summed E-state index contributed by atoms with van der Waals surface area (Å²) < 4.78 is 16.5. The van der Waals surface area contributed by atoms with Crippen LogP contribution in [0.5, 0.6) is 5.75 Å². The highest BCUT2D eigenvalue weighted by molar-refractivity contribution is 14.0. The van der Waals surface area contributed by atoms with Crippen molar-refractivity contribution in [3.63, 3.8) is 0 Å². The number of methoxy groups -OCH3 is 1. The summed E-state index contributed by atoms with van der Waals surface area (Å²) in [7, 11) is 1.70. The summed E-state index contributed by atoms with van der Waals surface area (Å²) in [4.78, 5) is 4.65. The predicted molar refractivity (Wildman–Crippen MR) is 120 cm³/mol. The van der Waals surface area contributed by atoms with Gasteiger partial charge in [-0.25, -0.2) is 4.99 Å². The van der Waals surface area contributed by atoms with E-state index in [4.69, 9.17) is 14.2 Å². The van der Waals surface area contributed by atoms with Gasteiger partial charge >= 0.3 is 0 Å². The molecule has 7 heteroatoms. The molecule has 0 spiro atoms. The minimum atomic E-state index is 0. The molecule has 2 rings (SSSR count). The lowest BCUT2D eigenvalue weighted by Gasteiger charge is -2.12. The molecule has 0 saturated carbocycles. The van der Waals surface area contributed by atoms with Crippen LogP contribution in [-0.4, -0.2) is 52.6 Å². The van der Waals surface area contributed by atoms with E-state index in [2.05, 4.69) is 34.7 Å². The molecule has 1 fully saturated rings. The molecule has 6 nitrogen and oxygen atoms in total. The summed E-state index contributed by atoms with van der Waals surface area (Å²) in [6, 6.07) is 6.20. The molecule has 0 bridgehead atoms. The van der Waals surface area contributed by atoms with Gasteiger partial charge in [0.05, 0.1) is 26.9 Å². The molecular weight excluding hydrogens is 457 g/mol. The van der Waals surface area contributed by atoms with Crippen LogP contribution in [-0.2, 0) is 16.0 Å². The SMILES string of the molecule is CCNC(=NCc1ccc(C)c(OC)c1)NCCCOCC1CCOC1.I. The molecule has 154 valence electrons. The second kappa shape index (κ2) is 14.0. The lowest BCUT2D eigenvalue weighted by atomic mass is 10.1. The van der Waals surface area contributed by atoms with Crippen molar-refractivity contribution in [2.75, 3.05) is 46.6 Å². The molecule has 1 atom stereocenters. The van der Waals surface area contributed by atoms with Gasteiger partial charge in [-0.2, -0.15) is 0 Å². The minimum absolute atomic E-state index is 0. The van der Waals surface area contributed by atoms with Gasteiger partial charge in [0.15, 0.2) is 5.96 Å². The maximum atomic E-state index is 5.73. The van der Waals surface area contributed by atoms with Gasteiger partial charge < -0.3 is 24.8 Å². The first-order valence-electron chi connectivity index (χ1n) is 9.54. The molecule has 1 aromatic rings. The number of ether oxygens (including phenoxy) is 3. The number of aryl methyl sites for hydroxylation is 1. The number of guanidine groups is 1. The van der Waals surface area contributed by atoms with Gasteiger partial charge in [-0.1, -0.05) is 12.1 Å². The third-order valence-corrected chi connectivity index (χ3v) is 4.37. The molecule has 1 aromatic carbocycles. The van der Waals surface area contributed by atoms with Gasteiger partial charge in [0.2, 0.25) is 0 Å². The smallest absolute Gasteiger partial charge is 0.191 e. The van der Waals surface area contributed by atoms with Crippen molar-refractivity contribution >= 4 is 29.9 Å². The Labute approximate surface area is 180 Å². The maximum absolute atomic E-state index is 5.73. The van der Waals surface area contributed by atoms with Crippen molar-refractivity contribution in [3.05, 3.63) is 29.3 Å². The number of aliphatic imine (C=N–C) groups is 1. The van der Waals surface area contributed by atoms with Crippen molar-refractivity contribution in [1.82, 2.24) is 10.6 Å². The van der Waals surface area contributed by atoms with E-state index in [9.17, 15) is 0 Å². The minimum Gasteiger partial charge on any atom is -0.496 e. The zero-order valence-corrected chi connectivity index (χ0v) is 19.1. The molecule has 0 radical (unpaired) electrons. The van der Waals surface area contributed by atoms with Crippen LogP contribution < -0.4 is 15.4 Å². The summed E-state index contributed by atoms with van der Waals surface area (Å²) in [5.74, 6) is 2.31. The van der Waals surface area contributed by atoms with Gasteiger partial charge in [0.25, 0.3) is 0 Å². The Morgan fingerprint density at radius 1 is 1.33 bits per heavy atom. The molecule has 1 saturated heterocycles. The standard InChI is InChI=1S/C20H33N3O3.HI/c1-4-21-20(22-9-5-10-25-14-18-8-11-26-15-18)23-13-17-7-6-16(2)19(12-17)24-3;/h6-7,12,18H,4-5,8-11,13-15H2,1-3H3,(H2,21,22,23);1H. The highest BCUT2D eigenvalue weighted by Crippen LogP contribution is 2.19. The predicted octanol–water partition coefficient (Wildman–Crippen LogP) is 3.12. The first kappa shape index (κ1) is 24.0. The summed E-state index contributed by atoms with van der Waals surface area (Å²) in [6.07, 6.45) is 2.08. The number of hydrogen-bond donors (Lipinski definition) is 2. The van der Waals surface area contributed by atoms with Crippen LogP contribution in [0.25, 0.3) is 0 Å². The number of hydrogen-bond acceptors (Lipinski definition) is 4. The lowest BCUT2D eigenvalue weighted by Crippen LogP contribution is -2.38. The number of halogens is 1. The van der Waals surface area contributed by atoms with Crippen LogP contribution in [0, 0.1) is 12.8 Å². The fraction of sp³-hybridized carbons (Fsp3) is 0.650. The lowest BCUT2D eigenvalue weighted by molar-refractivity contribution is 0.0888. The Kier molecular flexibility index (Phi) is 12.4. The molecule has 27 heavy (non-hydrogen) atoms. The molecule has 1 heterocycles. The summed E-state index contributed by atoms with van der Waals surface area (Å²) in [6.45, 7) is 9.69. The van der Waals surface area contributed by atoms with Crippen molar-refractivity contribution in [2.24, 2.45) is 10.9 Å². The van der Waals surface area contributed by atoms with Crippen LogP contribution in [0.2, 0.25) is 0 Å². The summed E-state index contributed by atoms with van der Waals surface area (Å²) in [5.41, 5.74) is 2.26. The zero-order valence-electron chi connectivity index (χ0n) is 16.8. The van der Waals surface area contributed by atoms with Gasteiger partial charge in [-0.3, -0.25) is 0 Å². The Morgan fingerprint density at radius 2 is 2.19 bits per heavy atom. The molecule has 1 aliphatic rings. The van der Waals surface area contributed by atoms with Gasteiger partial charge in [-0.05, 0) is 43.9 Å². The van der Waals surface area contributed by atoms with E-state index < -0.39 is 0 Å². The molecule has 1 unspecified atom stereocenters. The number of nitrogens with zero attached hydrogens (tertiary/aromatic N) is 1. The molecule has 0 aromatic heterocycles. The topological polar surface area (TPSA) is 64.1 Å². The van der Waals surface area contributed by atoms with Crippen LogP contribution >= 0.6 is 24.0 Å². The van der Waals surface area contributed by atoms with Crippen LogP contribution in [0.1, 0.15) is 30.9 Å². The largest absolute Gasteiger partial charge is 0.496 e. The quantitative estimate of drug-likeness (QED) is 0.228. The van der Waals surface area contributed by atoms with Crippen LogP contribution in [0.3, 0.4) is 0 Å². The van der Waals surface area contributed by atoms with E-state index in [1.807, 2.05) is 13.0 Å². The first-order valence-corrected chi connectivity index (χ1v) is 9.54. The Hall–Kier alpha value is -1.06. The van der Waals surface area contributed by atoms with E-state index >= 15 is 0 Å². The summed E-state index contributed by atoms with van der Waals surface area (Å²) in [5, 5.41) is 6.64. The van der Waals surface area contributed by atoms with Crippen molar-refractivity contribution < 1.29 is 14.2 Å². The average Bonchev–Trinajstić information content (AvgIpc) is 3.17. The number of benzene rings is 1. The highest BCUT2D eigenvalue weighted by Gasteiger charge is 2.15. The fourth-order valence-corrected chi connectivity index (χ4v) is 2.82. The van der Waals surface area contributed by atoms with E-state index in [1.165, 1.54) is 0 Å². The summed E-state index contributed by atoms with van der Waals surface area (Å²) >= 11 is 0. The molecular formula is C20H34IN3O3. The highest BCUT2D eigenvalue weighted by atomic mass is 127. The van der Waals surface area contributed by atoms with Gasteiger partial charge in [0.1, 0.15) is 5.75 Å². The van der Waals surface area contributed by atoms with Crippen molar-refractivity contribution in [1.29, 1.82) is 0 Å². The number of rotatable bonds is 10. The van der Waals surface area contributed by atoms with Crippen molar-refractivity contribution in [3.8, 4) is 5.75 Å². The monoisotopic (exact) mass is 491 g/mol. The van der Waals surface area contributed by atoms with Gasteiger partial charge in [0, 0.05) is 32.2 Å². The Balaban J connectivity index is 0.00000364. The van der Waals surface area contributed by atoms with Crippen molar-refractivity contribution in [2.45, 2.75) is 33.2 Å². The Bertz CT molecular complexity index is 563. The van der Waals surface area contributed by atoms with Crippen LogP contribution in [0.4, 0.5) is 0 Å². The van der Waals surface area contributed by atoms with E-state index in [1.54, 1.807) is 7.11 Å². The molecule has 1 aliphatic heterocycles. The average molecular weight is 491 g/mol. The maximum Gasteiger partial charge on any atom is 0.191 e. The molecule has 0 aliphatic carbocycles. The first-order chi connectivity index (χ1) is 12.7. The zero-order chi connectivity index (χ0) is 18.6. The number of nitrogens with one attached hydrogen (secondary N) is 2. The van der Waals surface area contributed by atoms with E-state index in [0.717, 1.165) is 75.2 Å². The van der Waals surface area contributed by atoms with Gasteiger partial charge in [-0.15, -0.1) is 24.0 Å². The third-order valence-electron chi connectivity index (χ3n) is 4.37. The second-order valence-corrected chi connectivity index (χ2v) is 6.58. The Morgan fingerprint density at radius 3 is 2.89 bits per heavy atom. The third kappa shape index (κ3) is 9.12. The second-order valence-electron chi connectivity index (χ2n) is 6.58. The molecule has 2 N–H and O–H groups in total. The molecule has 0 amide bonds. The normalized spacial score (nSPS) is 16.7.